The minimum atomic E-state index is 0.134. The van der Waals surface area contributed by atoms with Crippen molar-refractivity contribution in [1.82, 2.24) is 5.32 Å². The highest BCUT2D eigenvalue weighted by Gasteiger charge is 2.13. The lowest BCUT2D eigenvalue weighted by Crippen LogP contribution is -2.15. The van der Waals surface area contributed by atoms with Crippen LogP contribution >= 0.6 is 0 Å². The largest absolute Gasteiger partial charge is 0.392 e. The van der Waals surface area contributed by atoms with Crippen LogP contribution in [0.2, 0.25) is 0 Å². The van der Waals surface area contributed by atoms with Crippen LogP contribution in [0.3, 0.4) is 0 Å². The Kier molecular flexibility index (Phi) is 5.69. The highest BCUT2D eigenvalue weighted by molar-refractivity contribution is 5.21. The van der Waals surface area contributed by atoms with E-state index in [9.17, 15) is 0 Å². The molecule has 0 atom stereocenters. The lowest BCUT2D eigenvalue weighted by molar-refractivity contribution is 0.282. The second kappa shape index (κ2) is 7.55. The predicted molar refractivity (Wildman–Crippen MR) is 75.3 cm³/mol. The molecule has 0 spiro atoms. The Morgan fingerprint density at radius 3 is 2.39 bits per heavy atom. The summed E-state index contributed by atoms with van der Waals surface area (Å²) in [6.45, 7) is 2.20. The highest BCUT2D eigenvalue weighted by atomic mass is 16.3. The Morgan fingerprint density at radius 1 is 1.06 bits per heavy atom. The van der Waals surface area contributed by atoms with E-state index in [2.05, 4.69) is 17.4 Å². The average molecular weight is 247 g/mol. The maximum absolute atomic E-state index is 8.96. The molecule has 2 N–H and O–H groups in total. The van der Waals surface area contributed by atoms with E-state index in [0.29, 0.717) is 0 Å². The van der Waals surface area contributed by atoms with Crippen LogP contribution in [0.25, 0.3) is 0 Å². The number of aliphatic hydroxyl groups is 1. The van der Waals surface area contributed by atoms with Crippen molar-refractivity contribution in [3.8, 4) is 0 Å². The zero-order valence-corrected chi connectivity index (χ0v) is 11.2. The summed E-state index contributed by atoms with van der Waals surface area (Å²) in [6.07, 6.45) is 8.53. The van der Waals surface area contributed by atoms with Crippen molar-refractivity contribution in [3.63, 3.8) is 0 Å². The van der Waals surface area contributed by atoms with Gasteiger partial charge in [0.25, 0.3) is 0 Å². The van der Waals surface area contributed by atoms with E-state index in [-0.39, 0.29) is 6.61 Å². The molecule has 1 aromatic carbocycles. The van der Waals surface area contributed by atoms with Crippen LogP contribution in [0.4, 0.5) is 0 Å². The van der Waals surface area contributed by atoms with Crippen LogP contribution in [0.5, 0.6) is 0 Å². The molecule has 1 fully saturated rings. The Bertz CT molecular complexity index is 327. The normalized spacial score (nSPS) is 16.3. The third-order valence-electron chi connectivity index (χ3n) is 3.98. The molecule has 0 bridgehead atoms. The summed E-state index contributed by atoms with van der Waals surface area (Å²) in [5.41, 5.74) is 2.29. The van der Waals surface area contributed by atoms with Crippen molar-refractivity contribution in [3.05, 3.63) is 35.4 Å². The van der Waals surface area contributed by atoms with E-state index in [0.717, 1.165) is 24.6 Å². The van der Waals surface area contributed by atoms with Crippen molar-refractivity contribution < 1.29 is 5.11 Å². The maximum atomic E-state index is 8.96. The number of benzene rings is 1. The molecule has 0 unspecified atom stereocenters. The van der Waals surface area contributed by atoms with Gasteiger partial charge in [-0.05, 0) is 36.4 Å². The molecule has 0 saturated heterocycles. The van der Waals surface area contributed by atoms with Gasteiger partial charge in [0.2, 0.25) is 0 Å². The van der Waals surface area contributed by atoms with Crippen molar-refractivity contribution in [2.45, 2.75) is 51.7 Å². The molecule has 2 nitrogen and oxygen atoms in total. The van der Waals surface area contributed by atoms with Crippen molar-refractivity contribution in [2.24, 2.45) is 5.92 Å². The van der Waals surface area contributed by atoms with E-state index in [1.165, 1.54) is 44.1 Å². The van der Waals surface area contributed by atoms with Gasteiger partial charge in [-0.15, -0.1) is 0 Å². The van der Waals surface area contributed by atoms with E-state index >= 15 is 0 Å². The second-order valence-electron chi connectivity index (χ2n) is 5.44. The van der Waals surface area contributed by atoms with Gasteiger partial charge in [-0.1, -0.05) is 49.9 Å². The minimum absolute atomic E-state index is 0.134. The zero-order valence-electron chi connectivity index (χ0n) is 11.2. The summed E-state index contributed by atoms with van der Waals surface area (Å²) in [6, 6.07) is 8.18. The topological polar surface area (TPSA) is 32.3 Å². The van der Waals surface area contributed by atoms with E-state index in [1.54, 1.807) is 0 Å². The molecule has 1 saturated carbocycles. The number of rotatable bonds is 7. The zero-order chi connectivity index (χ0) is 12.6. The number of hydrogen-bond donors (Lipinski definition) is 2. The van der Waals surface area contributed by atoms with Gasteiger partial charge in [0.1, 0.15) is 0 Å². The highest BCUT2D eigenvalue weighted by Crippen LogP contribution is 2.28. The van der Waals surface area contributed by atoms with Crippen LogP contribution in [-0.4, -0.2) is 11.7 Å². The Labute approximate surface area is 110 Å². The standard InChI is InChI=1S/C16H25NO/c18-13-16-9-7-15(8-10-16)12-17-11-3-6-14-4-1-2-5-14/h7-10,14,17-18H,1-6,11-13H2. The first-order valence-corrected chi connectivity index (χ1v) is 7.28. The molecule has 100 valence electrons. The minimum Gasteiger partial charge on any atom is -0.392 e. The smallest absolute Gasteiger partial charge is 0.0681 e. The van der Waals surface area contributed by atoms with Gasteiger partial charge in [0.05, 0.1) is 6.61 Å². The van der Waals surface area contributed by atoms with Crippen molar-refractivity contribution in [2.75, 3.05) is 6.54 Å². The summed E-state index contributed by atoms with van der Waals surface area (Å²) in [5.74, 6) is 1.01. The fourth-order valence-corrected chi connectivity index (χ4v) is 2.81. The van der Waals surface area contributed by atoms with Gasteiger partial charge in [-0.2, -0.15) is 0 Å². The van der Waals surface area contributed by atoms with Crippen molar-refractivity contribution in [1.29, 1.82) is 0 Å². The fraction of sp³-hybridized carbons (Fsp3) is 0.625. The summed E-state index contributed by atoms with van der Waals surface area (Å²) in [7, 11) is 0. The van der Waals surface area contributed by atoms with E-state index in [1.807, 2.05) is 12.1 Å². The van der Waals surface area contributed by atoms with Gasteiger partial charge >= 0.3 is 0 Å². The molecule has 1 aliphatic carbocycles. The van der Waals surface area contributed by atoms with Crippen LogP contribution < -0.4 is 5.32 Å². The molecular weight excluding hydrogens is 222 g/mol. The summed E-state index contributed by atoms with van der Waals surface area (Å²) in [4.78, 5) is 0. The molecule has 0 radical (unpaired) electrons. The lowest BCUT2D eigenvalue weighted by Gasteiger charge is -2.09. The summed E-state index contributed by atoms with van der Waals surface area (Å²) in [5, 5.41) is 12.5. The maximum Gasteiger partial charge on any atom is 0.0681 e. The molecule has 0 amide bonds. The van der Waals surface area contributed by atoms with Crippen LogP contribution in [0.15, 0.2) is 24.3 Å². The quantitative estimate of drug-likeness (QED) is 0.725. The first-order chi connectivity index (χ1) is 8.88. The van der Waals surface area contributed by atoms with Crippen molar-refractivity contribution >= 4 is 0 Å². The number of hydrogen-bond acceptors (Lipinski definition) is 2. The fourth-order valence-electron chi connectivity index (χ4n) is 2.81. The molecular formula is C16H25NO. The SMILES string of the molecule is OCc1ccc(CNCCCC2CCCC2)cc1. The number of nitrogens with one attached hydrogen (secondary N) is 1. The second-order valence-corrected chi connectivity index (χ2v) is 5.44. The average Bonchev–Trinajstić information content (AvgIpc) is 2.92. The van der Waals surface area contributed by atoms with Gasteiger partial charge in [0, 0.05) is 6.54 Å². The van der Waals surface area contributed by atoms with Crippen LogP contribution in [0.1, 0.15) is 49.7 Å². The molecule has 0 heterocycles. The van der Waals surface area contributed by atoms with Gasteiger partial charge in [-0.25, -0.2) is 0 Å². The first-order valence-electron chi connectivity index (χ1n) is 7.28. The first kappa shape index (κ1) is 13.6. The molecule has 2 heteroatoms. The predicted octanol–water partition coefficient (Wildman–Crippen LogP) is 3.24. The molecule has 1 aromatic rings. The summed E-state index contributed by atoms with van der Waals surface area (Å²) >= 11 is 0. The molecule has 2 rings (SSSR count). The lowest BCUT2D eigenvalue weighted by atomic mass is 10.0. The molecule has 1 aliphatic rings. The Morgan fingerprint density at radius 2 is 1.72 bits per heavy atom. The van der Waals surface area contributed by atoms with E-state index < -0.39 is 0 Å². The number of aliphatic hydroxyl groups excluding tert-OH is 1. The monoisotopic (exact) mass is 247 g/mol. The third-order valence-corrected chi connectivity index (χ3v) is 3.98. The molecule has 0 aliphatic heterocycles. The molecule has 0 aromatic heterocycles. The van der Waals surface area contributed by atoms with Gasteiger partial charge in [-0.3, -0.25) is 0 Å². The van der Waals surface area contributed by atoms with Crippen LogP contribution in [0, 0.1) is 5.92 Å². The Hall–Kier alpha value is -0.860. The Balaban J connectivity index is 1.56. The van der Waals surface area contributed by atoms with Crippen LogP contribution in [-0.2, 0) is 13.2 Å². The van der Waals surface area contributed by atoms with Gasteiger partial charge < -0.3 is 10.4 Å². The van der Waals surface area contributed by atoms with Gasteiger partial charge in [0.15, 0.2) is 0 Å². The summed E-state index contributed by atoms with van der Waals surface area (Å²) < 4.78 is 0. The molecule has 18 heavy (non-hydrogen) atoms. The third kappa shape index (κ3) is 4.43. The van der Waals surface area contributed by atoms with E-state index in [4.69, 9.17) is 5.11 Å².